The Morgan fingerprint density at radius 2 is 1.82 bits per heavy atom. The Kier molecular flexibility index (Phi) is 5.78. The molecule has 0 aliphatic rings. The Balaban J connectivity index is 3.53. The van der Waals surface area contributed by atoms with Gasteiger partial charge in [-0.05, 0) is 19.4 Å². The third kappa shape index (κ3) is 6.51. The molecule has 4 N–H and O–H groups in total. The van der Waals surface area contributed by atoms with E-state index in [2.05, 4.69) is 0 Å². The van der Waals surface area contributed by atoms with E-state index < -0.39 is 7.37 Å². The van der Waals surface area contributed by atoms with Crippen LogP contribution in [0.5, 0.6) is 0 Å². The zero-order valence-electron chi connectivity index (χ0n) is 6.57. The van der Waals surface area contributed by atoms with Crippen LogP contribution in [0.3, 0.4) is 0 Å². The summed E-state index contributed by atoms with van der Waals surface area (Å²) >= 11 is 0. The average molecular weight is 181 g/mol. The number of rotatable bonds is 6. The minimum absolute atomic E-state index is 0.0207. The van der Waals surface area contributed by atoms with Crippen LogP contribution in [-0.4, -0.2) is 35.5 Å². The molecule has 1 atom stereocenters. The lowest BCUT2D eigenvalue weighted by Crippen LogP contribution is -2.04. The maximum absolute atomic E-state index is 11.1. The van der Waals surface area contributed by atoms with Crippen LogP contribution in [0, 0.1) is 0 Å². The second-order valence-electron chi connectivity index (χ2n) is 2.51. The summed E-state index contributed by atoms with van der Waals surface area (Å²) in [5.74, 6) is 0. The van der Waals surface area contributed by atoms with Gasteiger partial charge >= 0.3 is 0 Å². The lowest BCUT2D eigenvalue weighted by Gasteiger charge is -2.08. The van der Waals surface area contributed by atoms with E-state index in [1.54, 1.807) is 0 Å². The van der Waals surface area contributed by atoms with Gasteiger partial charge in [-0.25, -0.2) is 0 Å². The van der Waals surface area contributed by atoms with Gasteiger partial charge in [0, 0.05) is 18.9 Å². The van der Waals surface area contributed by atoms with Crippen LogP contribution >= 0.6 is 7.37 Å². The lowest BCUT2D eigenvalue weighted by molar-refractivity contribution is 0.293. The summed E-state index contributed by atoms with van der Waals surface area (Å²) in [4.78, 5) is 9.17. The largest absolute Gasteiger partial charge is 0.396 e. The van der Waals surface area contributed by atoms with Gasteiger partial charge in [0.2, 0.25) is 7.37 Å². The number of nitrogens with two attached hydrogens (primary N) is 1. The van der Waals surface area contributed by atoms with Gasteiger partial charge in [-0.1, -0.05) is 0 Å². The molecule has 0 fully saturated rings. The van der Waals surface area contributed by atoms with E-state index >= 15 is 0 Å². The molecule has 1 unspecified atom stereocenters. The first-order valence-corrected chi connectivity index (χ1v) is 5.77. The van der Waals surface area contributed by atoms with Crippen molar-refractivity contribution in [1.82, 2.24) is 0 Å². The van der Waals surface area contributed by atoms with Crippen molar-refractivity contribution in [3.8, 4) is 0 Å². The first-order chi connectivity index (χ1) is 5.12. The SMILES string of the molecule is NCCCP(=O)(O)CCCO. The van der Waals surface area contributed by atoms with Gasteiger partial charge in [0.15, 0.2) is 0 Å². The van der Waals surface area contributed by atoms with Crippen molar-refractivity contribution in [3.05, 3.63) is 0 Å². The molecule has 0 radical (unpaired) electrons. The summed E-state index contributed by atoms with van der Waals surface area (Å²) in [5.41, 5.74) is 5.18. The molecule has 0 aromatic heterocycles. The van der Waals surface area contributed by atoms with Gasteiger partial charge in [0.1, 0.15) is 0 Å². The summed E-state index contributed by atoms with van der Waals surface area (Å²) in [7, 11) is -2.97. The van der Waals surface area contributed by atoms with Crippen molar-refractivity contribution in [1.29, 1.82) is 0 Å². The highest BCUT2D eigenvalue weighted by atomic mass is 31.2. The monoisotopic (exact) mass is 181 g/mol. The summed E-state index contributed by atoms with van der Waals surface area (Å²) in [6.07, 6.45) is 1.48. The minimum atomic E-state index is -2.97. The van der Waals surface area contributed by atoms with E-state index in [9.17, 15) is 4.57 Å². The van der Waals surface area contributed by atoms with Crippen LogP contribution < -0.4 is 5.73 Å². The van der Waals surface area contributed by atoms with Gasteiger partial charge in [0.05, 0.1) is 0 Å². The highest BCUT2D eigenvalue weighted by Crippen LogP contribution is 2.41. The molecule has 68 valence electrons. The molecule has 0 spiro atoms. The van der Waals surface area contributed by atoms with Gasteiger partial charge < -0.3 is 15.7 Å². The zero-order chi connectivity index (χ0) is 8.74. The van der Waals surface area contributed by atoms with Crippen LogP contribution in [0.4, 0.5) is 0 Å². The molecule has 4 nitrogen and oxygen atoms in total. The van der Waals surface area contributed by atoms with Crippen LogP contribution in [0.1, 0.15) is 12.8 Å². The predicted octanol–water partition coefficient (Wildman–Crippen LogP) is -0.0120. The summed E-state index contributed by atoms with van der Waals surface area (Å²) in [6.45, 7) is 0.427. The molecule has 0 saturated heterocycles. The Hall–Kier alpha value is 0.110. The molecule has 0 heterocycles. The molecule has 0 aliphatic heterocycles. The summed E-state index contributed by atoms with van der Waals surface area (Å²) < 4.78 is 11.1. The third-order valence-corrected chi connectivity index (χ3v) is 3.41. The van der Waals surface area contributed by atoms with Gasteiger partial charge in [-0.3, -0.25) is 4.57 Å². The lowest BCUT2D eigenvalue weighted by atomic mass is 10.5. The van der Waals surface area contributed by atoms with Crippen LogP contribution in [-0.2, 0) is 4.57 Å². The fraction of sp³-hybridized carbons (Fsp3) is 1.00. The number of aliphatic hydroxyl groups is 1. The molecule has 0 rings (SSSR count). The number of aliphatic hydroxyl groups excluding tert-OH is 1. The Morgan fingerprint density at radius 3 is 2.27 bits per heavy atom. The zero-order valence-corrected chi connectivity index (χ0v) is 7.46. The molecule has 0 bridgehead atoms. The molecule has 0 aromatic rings. The molecule has 5 heteroatoms. The van der Waals surface area contributed by atoms with E-state index in [0.717, 1.165) is 0 Å². The highest BCUT2D eigenvalue weighted by Gasteiger charge is 2.15. The predicted molar refractivity (Wildman–Crippen MR) is 44.9 cm³/mol. The Morgan fingerprint density at radius 1 is 1.27 bits per heavy atom. The molecule has 0 aliphatic carbocycles. The van der Waals surface area contributed by atoms with E-state index in [0.29, 0.717) is 19.4 Å². The summed E-state index contributed by atoms with van der Waals surface area (Å²) in [6, 6.07) is 0. The maximum Gasteiger partial charge on any atom is 0.200 e. The fourth-order valence-electron chi connectivity index (χ4n) is 0.768. The number of hydrogen-bond acceptors (Lipinski definition) is 3. The van der Waals surface area contributed by atoms with E-state index in [4.69, 9.17) is 15.7 Å². The molecule has 0 amide bonds. The van der Waals surface area contributed by atoms with Crippen molar-refractivity contribution in [2.45, 2.75) is 12.8 Å². The van der Waals surface area contributed by atoms with Crippen LogP contribution in [0.15, 0.2) is 0 Å². The van der Waals surface area contributed by atoms with Gasteiger partial charge in [-0.15, -0.1) is 0 Å². The molecule has 11 heavy (non-hydrogen) atoms. The van der Waals surface area contributed by atoms with Crippen LogP contribution in [0.2, 0.25) is 0 Å². The molecule has 0 aromatic carbocycles. The third-order valence-electron chi connectivity index (χ3n) is 1.38. The second-order valence-corrected chi connectivity index (χ2v) is 5.10. The average Bonchev–Trinajstić information content (AvgIpc) is 1.97. The van der Waals surface area contributed by atoms with Crippen molar-refractivity contribution >= 4 is 7.37 Å². The molecular weight excluding hydrogens is 165 g/mol. The first kappa shape index (κ1) is 11.1. The Labute approximate surface area is 66.9 Å². The van der Waals surface area contributed by atoms with Gasteiger partial charge in [-0.2, -0.15) is 0 Å². The van der Waals surface area contributed by atoms with E-state index in [-0.39, 0.29) is 18.9 Å². The second kappa shape index (κ2) is 5.72. The van der Waals surface area contributed by atoms with E-state index in [1.807, 2.05) is 0 Å². The van der Waals surface area contributed by atoms with Gasteiger partial charge in [0.25, 0.3) is 0 Å². The van der Waals surface area contributed by atoms with Crippen molar-refractivity contribution in [3.63, 3.8) is 0 Å². The normalized spacial score (nSPS) is 16.3. The van der Waals surface area contributed by atoms with Crippen molar-refractivity contribution in [2.75, 3.05) is 25.5 Å². The fourth-order valence-corrected chi connectivity index (χ4v) is 2.30. The summed E-state index contributed by atoms with van der Waals surface area (Å²) in [5, 5.41) is 8.40. The highest BCUT2D eigenvalue weighted by molar-refractivity contribution is 7.57. The van der Waals surface area contributed by atoms with E-state index in [1.165, 1.54) is 0 Å². The molecule has 0 saturated carbocycles. The molecular formula is C6H16NO3P. The Bertz CT molecular complexity index is 128. The number of hydrogen-bond donors (Lipinski definition) is 3. The maximum atomic E-state index is 11.1. The smallest absolute Gasteiger partial charge is 0.200 e. The quantitative estimate of drug-likeness (QED) is 0.503. The van der Waals surface area contributed by atoms with Crippen LogP contribution in [0.25, 0.3) is 0 Å². The van der Waals surface area contributed by atoms with Crippen molar-refractivity contribution in [2.24, 2.45) is 5.73 Å². The first-order valence-electron chi connectivity index (χ1n) is 3.74. The minimum Gasteiger partial charge on any atom is -0.396 e. The van der Waals surface area contributed by atoms with Crippen molar-refractivity contribution < 1.29 is 14.6 Å². The topological polar surface area (TPSA) is 83.6 Å². The standard InChI is InChI=1S/C6H16NO3P/c7-3-1-5-11(9,10)6-2-4-8/h8H,1-7H2,(H,9,10).